The third-order valence-electron chi connectivity index (χ3n) is 2.91. The van der Waals surface area contributed by atoms with E-state index in [-0.39, 0.29) is 11.8 Å². The van der Waals surface area contributed by atoms with E-state index in [0.29, 0.717) is 25.3 Å². The molecule has 1 heterocycles. The number of amides is 1. The van der Waals surface area contributed by atoms with Crippen LogP contribution >= 0.6 is 0 Å². The SMILES string of the molecule is CNC(=O)c1ccc(CN2CCOCS2(=O)=O)cc1. The highest BCUT2D eigenvalue weighted by Gasteiger charge is 2.26. The molecule has 0 saturated carbocycles. The van der Waals surface area contributed by atoms with E-state index in [9.17, 15) is 13.2 Å². The van der Waals surface area contributed by atoms with Crippen LogP contribution in [0.1, 0.15) is 15.9 Å². The van der Waals surface area contributed by atoms with Crippen LogP contribution in [0.2, 0.25) is 0 Å². The first kappa shape index (κ1) is 14.0. The summed E-state index contributed by atoms with van der Waals surface area (Å²) in [5, 5.41) is 2.53. The third-order valence-corrected chi connectivity index (χ3v) is 4.48. The molecule has 1 aromatic rings. The van der Waals surface area contributed by atoms with E-state index in [2.05, 4.69) is 5.32 Å². The highest BCUT2D eigenvalue weighted by atomic mass is 32.2. The highest BCUT2D eigenvalue weighted by molar-refractivity contribution is 7.88. The fourth-order valence-electron chi connectivity index (χ4n) is 1.83. The van der Waals surface area contributed by atoms with Gasteiger partial charge in [-0.2, -0.15) is 4.31 Å². The summed E-state index contributed by atoms with van der Waals surface area (Å²) >= 11 is 0. The van der Waals surface area contributed by atoms with Crippen LogP contribution in [-0.2, 0) is 21.3 Å². The molecule has 0 radical (unpaired) electrons. The van der Waals surface area contributed by atoms with Gasteiger partial charge in [-0.05, 0) is 17.7 Å². The Labute approximate surface area is 112 Å². The number of benzene rings is 1. The molecular weight excluding hydrogens is 268 g/mol. The van der Waals surface area contributed by atoms with Gasteiger partial charge in [0, 0.05) is 25.7 Å². The second kappa shape index (κ2) is 5.68. The van der Waals surface area contributed by atoms with Crippen molar-refractivity contribution >= 4 is 15.9 Å². The molecule has 1 N–H and O–H groups in total. The first-order valence-corrected chi connectivity index (χ1v) is 7.50. The summed E-state index contributed by atoms with van der Waals surface area (Å²) in [4.78, 5) is 11.4. The molecule has 2 rings (SSSR count). The van der Waals surface area contributed by atoms with Gasteiger partial charge in [0.2, 0.25) is 10.0 Å². The largest absolute Gasteiger partial charge is 0.363 e. The van der Waals surface area contributed by atoms with Gasteiger partial charge in [-0.25, -0.2) is 8.42 Å². The molecule has 0 bridgehead atoms. The lowest BCUT2D eigenvalue weighted by atomic mass is 10.1. The van der Waals surface area contributed by atoms with E-state index in [1.807, 2.05) is 0 Å². The molecule has 1 aromatic carbocycles. The number of ether oxygens (including phenoxy) is 1. The fraction of sp³-hybridized carbons (Fsp3) is 0.417. The molecule has 0 aromatic heterocycles. The van der Waals surface area contributed by atoms with Crippen LogP contribution in [0, 0.1) is 0 Å². The Kier molecular flexibility index (Phi) is 4.18. The number of carbonyl (C=O) groups excluding carboxylic acids is 1. The van der Waals surface area contributed by atoms with E-state index in [4.69, 9.17) is 4.74 Å². The first-order chi connectivity index (χ1) is 9.03. The molecule has 0 aliphatic carbocycles. The third kappa shape index (κ3) is 3.31. The predicted molar refractivity (Wildman–Crippen MR) is 70.0 cm³/mol. The molecular formula is C12H16N2O4S. The topological polar surface area (TPSA) is 75.7 Å². The Morgan fingerprint density at radius 2 is 2.05 bits per heavy atom. The van der Waals surface area contributed by atoms with E-state index in [1.54, 1.807) is 31.3 Å². The van der Waals surface area contributed by atoms with Crippen LogP contribution in [0.3, 0.4) is 0 Å². The van der Waals surface area contributed by atoms with Gasteiger partial charge in [-0.3, -0.25) is 4.79 Å². The average molecular weight is 284 g/mol. The summed E-state index contributed by atoms with van der Waals surface area (Å²) in [6.07, 6.45) is 0. The molecule has 7 heteroatoms. The summed E-state index contributed by atoms with van der Waals surface area (Å²) in [5.74, 6) is -0.422. The van der Waals surface area contributed by atoms with Crippen LogP contribution in [-0.4, -0.2) is 44.8 Å². The highest BCUT2D eigenvalue weighted by Crippen LogP contribution is 2.14. The second-order valence-electron chi connectivity index (χ2n) is 4.25. The molecule has 1 aliphatic heterocycles. The normalized spacial score (nSPS) is 19.0. The van der Waals surface area contributed by atoms with E-state index >= 15 is 0 Å². The minimum absolute atomic E-state index is 0.162. The van der Waals surface area contributed by atoms with Crippen LogP contribution in [0.5, 0.6) is 0 Å². The maximum atomic E-state index is 11.7. The van der Waals surface area contributed by atoms with Crippen LogP contribution < -0.4 is 5.32 Å². The van der Waals surface area contributed by atoms with Gasteiger partial charge >= 0.3 is 0 Å². The standard InChI is InChI=1S/C12H16N2O4S/c1-13-12(15)11-4-2-10(3-5-11)8-14-6-7-18-9-19(14,16)17/h2-5H,6-9H2,1H3,(H,13,15). The Bertz CT molecular complexity index is 554. The Hall–Kier alpha value is -1.44. The van der Waals surface area contributed by atoms with Gasteiger partial charge in [-0.1, -0.05) is 12.1 Å². The molecule has 6 nitrogen and oxygen atoms in total. The zero-order chi connectivity index (χ0) is 13.9. The van der Waals surface area contributed by atoms with Crippen molar-refractivity contribution in [2.45, 2.75) is 6.54 Å². The van der Waals surface area contributed by atoms with Crippen molar-refractivity contribution < 1.29 is 17.9 Å². The smallest absolute Gasteiger partial charge is 0.251 e. The second-order valence-corrected chi connectivity index (χ2v) is 6.16. The summed E-state index contributed by atoms with van der Waals surface area (Å²) < 4.78 is 29.8. The quantitative estimate of drug-likeness (QED) is 0.858. The molecule has 1 saturated heterocycles. The molecule has 0 spiro atoms. The van der Waals surface area contributed by atoms with Crippen molar-refractivity contribution in [3.8, 4) is 0 Å². The lowest BCUT2D eigenvalue weighted by Gasteiger charge is -2.26. The maximum Gasteiger partial charge on any atom is 0.251 e. The summed E-state index contributed by atoms with van der Waals surface area (Å²) in [7, 11) is -1.76. The Balaban J connectivity index is 2.09. The molecule has 0 atom stereocenters. The van der Waals surface area contributed by atoms with Crippen molar-refractivity contribution in [2.24, 2.45) is 0 Å². The average Bonchev–Trinajstić information content (AvgIpc) is 2.41. The first-order valence-electron chi connectivity index (χ1n) is 5.89. The van der Waals surface area contributed by atoms with Gasteiger partial charge in [0.25, 0.3) is 5.91 Å². The van der Waals surface area contributed by atoms with Crippen LogP contribution in [0.15, 0.2) is 24.3 Å². The van der Waals surface area contributed by atoms with Crippen molar-refractivity contribution in [3.05, 3.63) is 35.4 Å². The zero-order valence-electron chi connectivity index (χ0n) is 10.6. The number of carbonyl (C=O) groups is 1. The van der Waals surface area contributed by atoms with Crippen LogP contribution in [0.25, 0.3) is 0 Å². The molecule has 1 aliphatic rings. The molecule has 1 amide bonds. The predicted octanol–water partition coefficient (Wildman–Crippen LogP) is 0.166. The minimum Gasteiger partial charge on any atom is -0.363 e. The fourth-order valence-corrected chi connectivity index (χ4v) is 3.01. The number of rotatable bonds is 3. The van der Waals surface area contributed by atoms with Crippen molar-refractivity contribution in [2.75, 3.05) is 26.1 Å². The summed E-state index contributed by atoms with van der Waals surface area (Å²) in [6.45, 7) is 1.08. The molecule has 1 fully saturated rings. The van der Waals surface area contributed by atoms with E-state index in [1.165, 1.54) is 4.31 Å². The van der Waals surface area contributed by atoms with Crippen molar-refractivity contribution in [1.82, 2.24) is 9.62 Å². The number of hydrogen-bond acceptors (Lipinski definition) is 4. The molecule has 19 heavy (non-hydrogen) atoms. The lowest BCUT2D eigenvalue weighted by Crippen LogP contribution is -2.40. The molecule has 104 valence electrons. The van der Waals surface area contributed by atoms with Crippen molar-refractivity contribution in [1.29, 1.82) is 0 Å². The van der Waals surface area contributed by atoms with Gasteiger partial charge in [0.05, 0.1) is 6.61 Å². The summed E-state index contributed by atoms with van der Waals surface area (Å²) in [5.41, 5.74) is 1.40. The van der Waals surface area contributed by atoms with E-state index in [0.717, 1.165) is 5.56 Å². The minimum atomic E-state index is -3.32. The number of hydrogen-bond donors (Lipinski definition) is 1. The van der Waals surface area contributed by atoms with Gasteiger partial charge in [0.1, 0.15) is 0 Å². The zero-order valence-corrected chi connectivity index (χ0v) is 11.4. The molecule has 0 unspecified atom stereocenters. The summed E-state index contributed by atoms with van der Waals surface area (Å²) in [6, 6.07) is 6.88. The van der Waals surface area contributed by atoms with Crippen LogP contribution in [0.4, 0.5) is 0 Å². The number of nitrogens with zero attached hydrogens (tertiary/aromatic N) is 1. The van der Waals surface area contributed by atoms with Gasteiger partial charge in [0.15, 0.2) is 5.94 Å². The van der Waals surface area contributed by atoms with Gasteiger partial charge in [-0.15, -0.1) is 0 Å². The monoisotopic (exact) mass is 284 g/mol. The number of nitrogens with one attached hydrogen (secondary N) is 1. The Morgan fingerprint density at radius 3 is 2.63 bits per heavy atom. The van der Waals surface area contributed by atoms with Crippen molar-refractivity contribution in [3.63, 3.8) is 0 Å². The Morgan fingerprint density at radius 1 is 1.37 bits per heavy atom. The van der Waals surface area contributed by atoms with Gasteiger partial charge < -0.3 is 10.1 Å². The lowest BCUT2D eigenvalue weighted by molar-refractivity contribution is 0.0963. The maximum absolute atomic E-state index is 11.7. The number of sulfonamides is 1. The van der Waals surface area contributed by atoms with E-state index < -0.39 is 10.0 Å².